The third-order valence-corrected chi connectivity index (χ3v) is 4.13. The summed E-state index contributed by atoms with van der Waals surface area (Å²) in [6, 6.07) is 7.21. The number of ether oxygens (including phenoxy) is 3. The third kappa shape index (κ3) is 4.42. The highest BCUT2D eigenvalue weighted by Gasteiger charge is 2.38. The molecule has 2 saturated heterocycles. The average molecular weight is 438 g/mol. The maximum absolute atomic E-state index is 13.5. The van der Waals surface area contributed by atoms with Crippen LogP contribution in [0.4, 0.5) is 22.8 Å². The number of alkyl carbamates (subject to hydrolysis) is 2. The number of amides is 4. The van der Waals surface area contributed by atoms with Crippen molar-refractivity contribution in [2.75, 3.05) is 7.11 Å². The van der Waals surface area contributed by atoms with Crippen molar-refractivity contribution in [2.24, 2.45) is 0 Å². The van der Waals surface area contributed by atoms with Gasteiger partial charge in [-0.3, -0.25) is 20.2 Å². The number of nitrogens with one attached hydrogen (secondary N) is 2. The average Bonchev–Trinajstić information content (AvgIpc) is 3.21. The smallest absolute Gasteiger partial charge is 0.415 e. The van der Waals surface area contributed by atoms with Crippen molar-refractivity contribution in [2.45, 2.75) is 12.2 Å². The molecule has 2 heterocycles. The summed E-state index contributed by atoms with van der Waals surface area (Å²) in [6.45, 7) is 0. The van der Waals surface area contributed by atoms with Gasteiger partial charge in [-0.2, -0.15) is 0 Å². The molecule has 0 spiro atoms. The van der Waals surface area contributed by atoms with E-state index in [9.17, 15) is 32.3 Å². The molecule has 2 aliphatic heterocycles. The Morgan fingerprint density at radius 2 is 1.16 bits per heavy atom. The third-order valence-electron chi connectivity index (χ3n) is 4.13. The molecule has 4 rings (SSSR count). The molecule has 0 aromatic heterocycles. The molecule has 162 valence electrons. The van der Waals surface area contributed by atoms with Gasteiger partial charge < -0.3 is 14.2 Å². The van der Waals surface area contributed by atoms with Gasteiger partial charge in [0, 0.05) is 0 Å². The molecule has 2 N–H and O–H groups in total. The van der Waals surface area contributed by atoms with Crippen LogP contribution in [-0.4, -0.2) is 31.1 Å². The van der Waals surface area contributed by atoms with E-state index >= 15 is 0 Å². The number of imide groups is 2. The maximum Gasteiger partial charge on any atom is 0.415 e. The molecule has 2 aliphatic rings. The van der Waals surface area contributed by atoms with Gasteiger partial charge in [0.25, 0.3) is 11.8 Å². The zero-order valence-electron chi connectivity index (χ0n) is 15.6. The number of rotatable bonds is 3. The summed E-state index contributed by atoms with van der Waals surface area (Å²) in [6.07, 6.45) is -4.73. The SMILES string of the molecule is COc1cccc(F)c1C1OC(=O)NC1=O.O=C1NC(=O)C(c2c(F)cccc2F)O1. The number of methoxy groups -OCH3 is 1. The number of carbonyl (C=O) groups excluding carboxylic acids is 4. The maximum atomic E-state index is 13.5. The predicted molar refractivity (Wildman–Crippen MR) is 94.0 cm³/mol. The largest absolute Gasteiger partial charge is 0.496 e. The first-order valence-electron chi connectivity index (χ1n) is 8.52. The van der Waals surface area contributed by atoms with Crippen molar-refractivity contribution in [3.63, 3.8) is 0 Å². The van der Waals surface area contributed by atoms with Gasteiger partial charge in [-0.05, 0) is 24.3 Å². The van der Waals surface area contributed by atoms with Gasteiger partial charge in [0.1, 0.15) is 23.2 Å². The summed E-state index contributed by atoms with van der Waals surface area (Å²) in [5.41, 5.74) is -0.630. The Morgan fingerprint density at radius 1 is 0.742 bits per heavy atom. The molecular formula is C19H13F3N2O7. The summed E-state index contributed by atoms with van der Waals surface area (Å²) in [4.78, 5) is 43.9. The van der Waals surface area contributed by atoms with E-state index in [2.05, 4.69) is 9.47 Å². The van der Waals surface area contributed by atoms with Crippen LogP contribution < -0.4 is 15.4 Å². The van der Waals surface area contributed by atoms with Crippen LogP contribution in [0.5, 0.6) is 5.75 Å². The van der Waals surface area contributed by atoms with Gasteiger partial charge >= 0.3 is 12.2 Å². The summed E-state index contributed by atoms with van der Waals surface area (Å²) < 4.78 is 53.9. The van der Waals surface area contributed by atoms with Gasteiger partial charge in [0.2, 0.25) is 12.2 Å². The molecule has 0 radical (unpaired) electrons. The predicted octanol–water partition coefficient (Wildman–Crippen LogP) is 2.41. The molecule has 4 amide bonds. The Hall–Kier alpha value is -4.09. The first-order chi connectivity index (χ1) is 14.7. The second-order valence-corrected chi connectivity index (χ2v) is 6.04. The van der Waals surface area contributed by atoms with Crippen LogP contribution in [-0.2, 0) is 19.1 Å². The number of benzene rings is 2. The van der Waals surface area contributed by atoms with E-state index in [1.165, 1.54) is 19.2 Å². The van der Waals surface area contributed by atoms with Gasteiger partial charge in [0.05, 0.1) is 18.2 Å². The van der Waals surface area contributed by atoms with Crippen LogP contribution in [0.1, 0.15) is 23.3 Å². The van der Waals surface area contributed by atoms with Crippen LogP contribution in [0.2, 0.25) is 0 Å². The molecule has 2 atom stereocenters. The minimum absolute atomic E-state index is 0.0756. The second kappa shape index (κ2) is 8.73. The van der Waals surface area contributed by atoms with E-state index in [-0.39, 0.29) is 11.3 Å². The Morgan fingerprint density at radius 3 is 1.58 bits per heavy atom. The van der Waals surface area contributed by atoms with Crippen molar-refractivity contribution in [3.8, 4) is 5.75 Å². The van der Waals surface area contributed by atoms with E-state index in [4.69, 9.17) is 4.74 Å². The Labute approximate surface area is 172 Å². The first-order valence-corrected chi connectivity index (χ1v) is 8.52. The topological polar surface area (TPSA) is 120 Å². The van der Waals surface area contributed by atoms with Crippen molar-refractivity contribution in [3.05, 3.63) is 65.0 Å². The van der Waals surface area contributed by atoms with Crippen LogP contribution in [0, 0.1) is 17.5 Å². The highest BCUT2D eigenvalue weighted by atomic mass is 19.1. The summed E-state index contributed by atoms with van der Waals surface area (Å²) in [7, 11) is 1.34. The highest BCUT2D eigenvalue weighted by Crippen LogP contribution is 2.32. The summed E-state index contributed by atoms with van der Waals surface area (Å²) in [5, 5.41) is 3.71. The summed E-state index contributed by atoms with van der Waals surface area (Å²) >= 11 is 0. The fourth-order valence-corrected chi connectivity index (χ4v) is 2.80. The number of halogens is 3. The van der Waals surface area contributed by atoms with Crippen LogP contribution in [0.3, 0.4) is 0 Å². The second-order valence-electron chi connectivity index (χ2n) is 6.04. The van der Waals surface area contributed by atoms with E-state index in [1.807, 2.05) is 5.32 Å². The monoisotopic (exact) mass is 438 g/mol. The normalized spacial score (nSPS) is 19.6. The van der Waals surface area contributed by atoms with Crippen LogP contribution >= 0.6 is 0 Å². The molecule has 2 aromatic carbocycles. The molecule has 2 aromatic rings. The standard InChI is InChI=1S/C10H8FNO4.C9H5F2NO3/c1-15-6-4-2-3-5(11)7(6)8-9(13)12-10(14)16-8;10-4-2-1-3-5(11)6(4)7-8(13)12-9(14)15-7/h2-4,8H,1H3,(H,12,13,14);1-3,7H,(H,12,13,14). The number of hydrogen-bond donors (Lipinski definition) is 2. The number of carbonyl (C=O) groups is 4. The minimum Gasteiger partial charge on any atom is -0.496 e. The van der Waals surface area contributed by atoms with Crippen LogP contribution in [0.25, 0.3) is 0 Å². The van der Waals surface area contributed by atoms with E-state index < -0.39 is 59.2 Å². The molecule has 31 heavy (non-hydrogen) atoms. The van der Waals surface area contributed by atoms with Gasteiger partial charge in [0.15, 0.2) is 0 Å². The lowest BCUT2D eigenvalue weighted by Gasteiger charge is -2.12. The molecule has 0 aliphatic carbocycles. The van der Waals surface area contributed by atoms with E-state index in [0.29, 0.717) is 0 Å². The molecule has 12 heteroatoms. The van der Waals surface area contributed by atoms with Crippen molar-refractivity contribution in [1.82, 2.24) is 10.6 Å². The zero-order valence-corrected chi connectivity index (χ0v) is 15.6. The van der Waals surface area contributed by atoms with Crippen molar-refractivity contribution < 1.29 is 46.6 Å². The summed E-state index contributed by atoms with van der Waals surface area (Å²) in [5.74, 6) is -3.92. The van der Waals surface area contributed by atoms with Crippen molar-refractivity contribution >= 4 is 24.0 Å². The van der Waals surface area contributed by atoms with E-state index in [1.54, 1.807) is 5.32 Å². The minimum atomic E-state index is -1.54. The first kappa shape index (κ1) is 21.6. The molecule has 2 fully saturated rings. The van der Waals surface area contributed by atoms with E-state index in [0.717, 1.165) is 24.3 Å². The lowest BCUT2D eigenvalue weighted by atomic mass is 10.1. The van der Waals surface area contributed by atoms with Gasteiger partial charge in [-0.15, -0.1) is 0 Å². The zero-order chi connectivity index (χ0) is 22.7. The highest BCUT2D eigenvalue weighted by molar-refractivity contribution is 6.01. The Balaban J connectivity index is 0.000000176. The molecule has 2 unspecified atom stereocenters. The Bertz CT molecular complexity index is 1060. The van der Waals surface area contributed by atoms with Gasteiger partial charge in [-0.25, -0.2) is 22.8 Å². The fourth-order valence-electron chi connectivity index (χ4n) is 2.80. The fraction of sp³-hybridized carbons (Fsp3) is 0.158. The lowest BCUT2D eigenvalue weighted by molar-refractivity contribution is -0.124. The van der Waals surface area contributed by atoms with Gasteiger partial charge in [-0.1, -0.05) is 12.1 Å². The Kier molecular flexibility index (Phi) is 6.09. The quantitative estimate of drug-likeness (QED) is 0.755. The molecular weight excluding hydrogens is 425 g/mol. The number of hydrogen-bond acceptors (Lipinski definition) is 7. The van der Waals surface area contributed by atoms with Crippen LogP contribution in [0.15, 0.2) is 36.4 Å². The number of cyclic esters (lactones) is 2. The lowest BCUT2D eigenvalue weighted by Crippen LogP contribution is -2.21. The van der Waals surface area contributed by atoms with Crippen molar-refractivity contribution in [1.29, 1.82) is 0 Å². The molecule has 0 bridgehead atoms. The molecule has 0 saturated carbocycles. The molecule has 9 nitrogen and oxygen atoms in total.